The number of benzene rings is 1. The van der Waals surface area contributed by atoms with E-state index in [0.29, 0.717) is 16.9 Å². The molecule has 2 atom stereocenters. The van der Waals surface area contributed by atoms with Crippen LogP contribution < -0.4 is 4.74 Å². The SMILES string of the molecule is CC(=C(F)B1OC(C)(C)C(C)(C)O1)c1cccc(OC2CCCC2O)c1. The van der Waals surface area contributed by atoms with Gasteiger partial charge in [-0.2, -0.15) is 0 Å². The highest BCUT2D eigenvalue weighted by Crippen LogP contribution is 2.40. The van der Waals surface area contributed by atoms with Gasteiger partial charge in [0.15, 0.2) is 0 Å². The van der Waals surface area contributed by atoms with Crippen LogP contribution in [0.5, 0.6) is 5.75 Å². The molecule has 1 aromatic rings. The molecule has 1 heterocycles. The summed E-state index contributed by atoms with van der Waals surface area (Å²) in [6.07, 6.45) is 1.93. The number of rotatable bonds is 4. The van der Waals surface area contributed by atoms with Gasteiger partial charge in [-0.15, -0.1) is 0 Å². The molecule has 26 heavy (non-hydrogen) atoms. The third kappa shape index (κ3) is 3.68. The van der Waals surface area contributed by atoms with Crippen molar-refractivity contribution in [1.82, 2.24) is 0 Å². The highest BCUT2D eigenvalue weighted by atomic mass is 19.1. The maximum atomic E-state index is 15.0. The van der Waals surface area contributed by atoms with Crippen molar-refractivity contribution >= 4 is 12.7 Å². The molecule has 0 bridgehead atoms. The first-order chi connectivity index (χ1) is 12.1. The van der Waals surface area contributed by atoms with Crippen molar-refractivity contribution in [1.29, 1.82) is 0 Å². The molecule has 0 radical (unpaired) electrons. The standard InChI is InChI=1S/C20H28BFO4/c1-13(18(22)21-25-19(2,3)20(4,5)26-21)14-8-6-9-15(12-14)24-17-11-7-10-16(17)23/h6,8-9,12,16-17,23H,7,10-11H2,1-5H3. The van der Waals surface area contributed by atoms with Crippen LogP contribution in [0.3, 0.4) is 0 Å². The van der Waals surface area contributed by atoms with Gasteiger partial charge in [0.25, 0.3) is 0 Å². The summed E-state index contributed by atoms with van der Waals surface area (Å²) in [5, 5.41) is 9.93. The van der Waals surface area contributed by atoms with E-state index in [1.54, 1.807) is 13.0 Å². The fourth-order valence-electron chi connectivity index (χ4n) is 3.28. The van der Waals surface area contributed by atoms with Crippen LogP contribution in [0.2, 0.25) is 0 Å². The maximum Gasteiger partial charge on any atom is 0.525 e. The van der Waals surface area contributed by atoms with Gasteiger partial charge in [-0.05, 0) is 77.2 Å². The zero-order valence-corrected chi connectivity index (χ0v) is 16.2. The zero-order valence-electron chi connectivity index (χ0n) is 16.2. The van der Waals surface area contributed by atoms with Gasteiger partial charge >= 0.3 is 7.12 Å². The summed E-state index contributed by atoms with van der Waals surface area (Å²) in [6.45, 7) is 9.31. The lowest BCUT2D eigenvalue weighted by Crippen LogP contribution is -2.41. The Morgan fingerprint density at radius 2 is 1.85 bits per heavy atom. The smallest absolute Gasteiger partial charge is 0.488 e. The summed E-state index contributed by atoms with van der Waals surface area (Å²) >= 11 is 0. The van der Waals surface area contributed by atoms with Gasteiger partial charge in [0.2, 0.25) is 0 Å². The van der Waals surface area contributed by atoms with Crippen molar-refractivity contribution in [2.45, 2.75) is 77.3 Å². The molecule has 1 saturated carbocycles. The largest absolute Gasteiger partial charge is 0.525 e. The first kappa shape index (κ1) is 19.4. The fourth-order valence-corrected chi connectivity index (χ4v) is 3.28. The monoisotopic (exact) mass is 362 g/mol. The van der Waals surface area contributed by atoms with Crippen LogP contribution in [0.1, 0.15) is 59.4 Å². The molecule has 1 aliphatic heterocycles. The topological polar surface area (TPSA) is 47.9 Å². The molecule has 0 amide bonds. The first-order valence-electron chi connectivity index (χ1n) is 9.28. The van der Waals surface area contributed by atoms with Crippen LogP contribution in [0.25, 0.3) is 5.57 Å². The molecule has 2 unspecified atom stereocenters. The predicted molar refractivity (Wildman–Crippen MR) is 100 cm³/mol. The van der Waals surface area contributed by atoms with Gasteiger partial charge < -0.3 is 19.2 Å². The van der Waals surface area contributed by atoms with E-state index in [4.69, 9.17) is 14.0 Å². The van der Waals surface area contributed by atoms with Gasteiger partial charge in [0, 0.05) is 0 Å². The maximum absolute atomic E-state index is 15.0. The van der Waals surface area contributed by atoms with Gasteiger partial charge in [0.1, 0.15) is 17.6 Å². The van der Waals surface area contributed by atoms with Crippen LogP contribution in [-0.4, -0.2) is 35.6 Å². The normalized spacial score (nSPS) is 28.2. The molecule has 6 heteroatoms. The lowest BCUT2D eigenvalue weighted by Gasteiger charge is -2.32. The molecule has 1 saturated heterocycles. The average Bonchev–Trinajstić information content (AvgIpc) is 3.06. The van der Waals surface area contributed by atoms with Crippen LogP contribution >= 0.6 is 0 Å². The summed E-state index contributed by atoms with van der Waals surface area (Å²) in [6, 6.07) is 7.28. The second-order valence-corrected chi connectivity index (χ2v) is 8.24. The Hall–Kier alpha value is -1.37. The van der Waals surface area contributed by atoms with Crippen LogP contribution in [-0.2, 0) is 9.31 Å². The Morgan fingerprint density at radius 1 is 1.19 bits per heavy atom. The molecule has 0 spiro atoms. The van der Waals surface area contributed by atoms with E-state index >= 15 is 4.39 Å². The number of halogens is 1. The third-order valence-corrected chi connectivity index (χ3v) is 5.79. The van der Waals surface area contributed by atoms with Crippen molar-refractivity contribution in [3.8, 4) is 5.75 Å². The first-order valence-corrected chi connectivity index (χ1v) is 9.28. The van der Waals surface area contributed by atoms with Gasteiger partial charge in [0.05, 0.1) is 17.3 Å². The molecule has 142 valence electrons. The van der Waals surface area contributed by atoms with Crippen molar-refractivity contribution in [3.05, 3.63) is 35.6 Å². The Kier molecular flexibility index (Phi) is 5.21. The van der Waals surface area contributed by atoms with E-state index in [9.17, 15) is 5.11 Å². The molecule has 1 N–H and O–H groups in total. The van der Waals surface area contributed by atoms with E-state index in [-0.39, 0.29) is 6.10 Å². The fraction of sp³-hybridized carbons (Fsp3) is 0.600. The Balaban J connectivity index is 1.80. The minimum absolute atomic E-state index is 0.192. The summed E-state index contributed by atoms with van der Waals surface area (Å²) < 4.78 is 32.5. The van der Waals surface area contributed by atoms with Crippen LogP contribution in [0.15, 0.2) is 30.0 Å². The van der Waals surface area contributed by atoms with Crippen molar-refractivity contribution < 1.29 is 23.5 Å². The third-order valence-electron chi connectivity index (χ3n) is 5.79. The second-order valence-electron chi connectivity index (χ2n) is 8.24. The molecule has 2 fully saturated rings. The molecular weight excluding hydrogens is 334 g/mol. The van der Waals surface area contributed by atoms with E-state index in [1.807, 2.05) is 45.9 Å². The average molecular weight is 362 g/mol. The molecule has 1 aromatic carbocycles. The minimum Gasteiger partial charge on any atom is -0.488 e. The van der Waals surface area contributed by atoms with Crippen molar-refractivity contribution in [2.24, 2.45) is 0 Å². The van der Waals surface area contributed by atoms with Crippen LogP contribution in [0, 0.1) is 0 Å². The van der Waals surface area contributed by atoms with Gasteiger partial charge in [-0.25, -0.2) is 4.39 Å². The molecular formula is C20H28BFO4. The minimum atomic E-state index is -1.01. The number of hydrogen-bond acceptors (Lipinski definition) is 4. The van der Waals surface area contributed by atoms with Gasteiger partial charge in [-0.3, -0.25) is 0 Å². The molecule has 3 rings (SSSR count). The Bertz CT molecular complexity index is 685. The quantitative estimate of drug-likeness (QED) is 0.811. The molecule has 2 aliphatic rings. The highest BCUT2D eigenvalue weighted by molar-refractivity contribution is 6.55. The van der Waals surface area contributed by atoms with Gasteiger partial charge in [-0.1, -0.05) is 12.1 Å². The lowest BCUT2D eigenvalue weighted by molar-refractivity contribution is 0.00578. The summed E-state index contributed by atoms with van der Waals surface area (Å²) in [4.78, 5) is 0. The van der Waals surface area contributed by atoms with E-state index < -0.39 is 30.2 Å². The Morgan fingerprint density at radius 3 is 2.42 bits per heavy atom. The van der Waals surface area contributed by atoms with Crippen molar-refractivity contribution in [3.63, 3.8) is 0 Å². The number of allylic oxidation sites excluding steroid dienone is 1. The number of ether oxygens (including phenoxy) is 1. The van der Waals surface area contributed by atoms with E-state index in [2.05, 4.69) is 0 Å². The highest BCUT2D eigenvalue weighted by Gasteiger charge is 2.53. The van der Waals surface area contributed by atoms with Crippen molar-refractivity contribution in [2.75, 3.05) is 0 Å². The summed E-state index contributed by atoms with van der Waals surface area (Å²) in [5.41, 5.74) is -0.428. The van der Waals surface area contributed by atoms with E-state index in [1.165, 1.54) is 0 Å². The molecule has 4 nitrogen and oxygen atoms in total. The summed E-state index contributed by atoms with van der Waals surface area (Å²) in [7, 11) is -1.01. The van der Waals surface area contributed by atoms with Crippen LogP contribution in [0.4, 0.5) is 4.39 Å². The van der Waals surface area contributed by atoms with E-state index in [0.717, 1.165) is 19.3 Å². The molecule has 1 aliphatic carbocycles. The predicted octanol–water partition coefficient (Wildman–Crippen LogP) is 4.31. The lowest BCUT2D eigenvalue weighted by atomic mass is 9.83. The second kappa shape index (κ2) is 6.99. The zero-order chi connectivity index (χ0) is 19.1. The number of aliphatic hydroxyl groups is 1. The number of hydrogen-bond donors (Lipinski definition) is 1. The molecule has 0 aromatic heterocycles. The summed E-state index contributed by atoms with van der Waals surface area (Å²) in [5.74, 6) is 0.634. The Labute approximate surface area is 155 Å². The number of aliphatic hydroxyl groups excluding tert-OH is 1.